The van der Waals surface area contributed by atoms with Gasteiger partial charge in [0.05, 0.1) is 5.56 Å². The molecule has 0 radical (unpaired) electrons. The Balaban J connectivity index is 2.72. The van der Waals surface area contributed by atoms with Crippen molar-refractivity contribution in [3.63, 3.8) is 0 Å². The summed E-state index contributed by atoms with van der Waals surface area (Å²) in [6.07, 6.45) is 2.66. The predicted octanol–water partition coefficient (Wildman–Crippen LogP) is 1.05. The molecule has 0 fully saturated rings. The molecule has 1 amide bonds. The lowest BCUT2D eigenvalue weighted by molar-refractivity contribution is -0.605. The van der Waals surface area contributed by atoms with E-state index in [4.69, 9.17) is 0 Å². The minimum atomic E-state index is -0.0516. The van der Waals surface area contributed by atoms with E-state index in [1.165, 1.54) is 24.5 Å². The van der Waals surface area contributed by atoms with Crippen molar-refractivity contribution in [3.05, 3.63) is 35.3 Å². The van der Waals surface area contributed by atoms with E-state index in [-0.39, 0.29) is 5.91 Å². The van der Waals surface area contributed by atoms with Crippen molar-refractivity contribution in [3.8, 4) is 0 Å². The molecule has 0 N–H and O–H groups in total. The van der Waals surface area contributed by atoms with Crippen molar-refractivity contribution in [2.24, 2.45) is 5.92 Å². The average molecular weight is 208 g/mol. The molecule has 1 heterocycles. The second-order valence-corrected chi connectivity index (χ2v) is 4.03. The standard InChI is InChI=1S/C11H16N2O2/c1-9(2)8-12(3)11(14)10-4-6-13(15)7-5-10/h4-7,9H,8H2,1-3H3. The highest BCUT2D eigenvalue weighted by molar-refractivity contribution is 5.93. The van der Waals surface area contributed by atoms with Crippen LogP contribution in [0.1, 0.15) is 24.2 Å². The molecule has 1 aromatic heterocycles. The summed E-state index contributed by atoms with van der Waals surface area (Å²) in [5.74, 6) is 0.386. The van der Waals surface area contributed by atoms with Crippen LogP contribution >= 0.6 is 0 Å². The zero-order chi connectivity index (χ0) is 11.4. The predicted molar refractivity (Wildman–Crippen MR) is 57.2 cm³/mol. The molecule has 0 bridgehead atoms. The number of carbonyl (C=O) groups is 1. The Morgan fingerprint density at radius 2 is 2.00 bits per heavy atom. The Kier molecular flexibility index (Phi) is 3.66. The third-order valence-corrected chi connectivity index (χ3v) is 2.03. The zero-order valence-electron chi connectivity index (χ0n) is 9.30. The second-order valence-electron chi connectivity index (χ2n) is 4.03. The number of hydrogen-bond acceptors (Lipinski definition) is 2. The molecular formula is C11H16N2O2. The first-order valence-electron chi connectivity index (χ1n) is 4.95. The van der Waals surface area contributed by atoms with Crippen molar-refractivity contribution in [1.29, 1.82) is 0 Å². The number of nitrogens with zero attached hydrogens (tertiary/aromatic N) is 2. The summed E-state index contributed by atoms with van der Waals surface area (Å²) in [4.78, 5) is 13.5. The highest BCUT2D eigenvalue weighted by Crippen LogP contribution is 2.03. The van der Waals surface area contributed by atoms with Gasteiger partial charge in [-0.2, -0.15) is 4.73 Å². The molecule has 0 aliphatic rings. The minimum Gasteiger partial charge on any atom is -0.619 e. The molecule has 0 spiro atoms. The summed E-state index contributed by atoms with van der Waals surface area (Å²) in [5, 5.41) is 10.8. The first-order valence-corrected chi connectivity index (χ1v) is 4.95. The van der Waals surface area contributed by atoms with Crippen LogP contribution < -0.4 is 4.73 Å². The summed E-state index contributed by atoms with van der Waals surface area (Å²) < 4.78 is 0.666. The average Bonchev–Trinajstić information content (AvgIpc) is 2.17. The Labute approximate surface area is 89.7 Å². The van der Waals surface area contributed by atoms with Gasteiger partial charge in [0.25, 0.3) is 5.91 Å². The van der Waals surface area contributed by atoms with Crippen LogP contribution in [-0.2, 0) is 0 Å². The Bertz CT molecular complexity index is 333. The third-order valence-electron chi connectivity index (χ3n) is 2.03. The first-order chi connectivity index (χ1) is 7.00. The van der Waals surface area contributed by atoms with Gasteiger partial charge in [-0.3, -0.25) is 4.79 Å². The summed E-state index contributed by atoms with van der Waals surface area (Å²) in [6, 6.07) is 3.07. The van der Waals surface area contributed by atoms with Gasteiger partial charge in [-0.15, -0.1) is 0 Å². The third kappa shape index (κ3) is 3.23. The van der Waals surface area contributed by atoms with E-state index in [2.05, 4.69) is 13.8 Å². The van der Waals surface area contributed by atoms with Crippen LogP contribution in [0.5, 0.6) is 0 Å². The lowest BCUT2D eigenvalue weighted by Crippen LogP contribution is -2.31. The molecule has 0 atom stereocenters. The van der Waals surface area contributed by atoms with E-state index in [9.17, 15) is 10.0 Å². The van der Waals surface area contributed by atoms with E-state index in [1.54, 1.807) is 11.9 Å². The molecule has 1 rings (SSSR count). The number of carbonyl (C=O) groups excluding carboxylic acids is 1. The van der Waals surface area contributed by atoms with E-state index >= 15 is 0 Å². The molecule has 4 nitrogen and oxygen atoms in total. The fraction of sp³-hybridized carbons (Fsp3) is 0.455. The summed E-state index contributed by atoms with van der Waals surface area (Å²) in [7, 11) is 1.76. The highest BCUT2D eigenvalue weighted by atomic mass is 16.5. The molecule has 0 saturated heterocycles. The van der Waals surface area contributed by atoms with Crippen LogP contribution in [0, 0.1) is 11.1 Å². The van der Waals surface area contributed by atoms with E-state index in [1.807, 2.05) is 0 Å². The molecular weight excluding hydrogens is 192 g/mol. The maximum absolute atomic E-state index is 11.8. The zero-order valence-corrected chi connectivity index (χ0v) is 9.30. The lowest BCUT2D eigenvalue weighted by atomic mass is 10.2. The van der Waals surface area contributed by atoms with Crippen molar-refractivity contribution in [2.45, 2.75) is 13.8 Å². The number of pyridine rings is 1. The summed E-state index contributed by atoms with van der Waals surface area (Å²) in [5.41, 5.74) is 0.547. The van der Waals surface area contributed by atoms with Gasteiger partial charge in [-0.05, 0) is 5.92 Å². The van der Waals surface area contributed by atoms with Gasteiger partial charge in [0.1, 0.15) is 0 Å². The minimum absolute atomic E-state index is 0.0516. The normalized spacial score (nSPS) is 10.4. The molecule has 0 unspecified atom stereocenters. The second kappa shape index (κ2) is 4.77. The highest BCUT2D eigenvalue weighted by Gasteiger charge is 2.13. The molecule has 0 aliphatic heterocycles. The quantitative estimate of drug-likeness (QED) is 0.550. The van der Waals surface area contributed by atoms with Crippen LogP contribution in [-0.4, -0.2) is 24.4 Å². The molecule has 82 valence electrons. The van der Waals surface area contributed by atoms with E-state index in [0.29, 0.717) is 22.8 Å². The van der Waals surface area contributed by atoms with Crippen molar-refractivity contribution < 1.29 is 9.52 Å². The maximum Gasteiger partial charge on any atom is 0.254 e. The van der Waals surface area contributed by atoms with E-state index < -0.39 is 0 Å². The lowest BCUT2D eigenvalue weighted by Gasteiger charge is -2.19. The molecule has 0 aliphatic carbocycles. The summed E-state index contributed by atoms with van der Waals surface area (Å²) >= 11 is 0. The maximum atomic E-state index is 11.8. The SMILES string of the molecule is CC(C)CN(C)C(=O)c1cc[n+]([O-])cc1. The number of rotatable bonds is 3. The van der Waals surface area contributed by atoms with Crippen LogP contribution in [0.15, 0.2) is 24.5 Å². The van der Waals surface area contributed by atoms with Crippen molar-refractivity contribution in [1.82, 2.24) is 4.90 Å². The van der Waals surface area contributed by atoms with Gasteiger partial charge in [0, 0.05) is 25.7 Å². The monoisotopic (exact) mass is 208 g/mol. The van der Waals surface area contributed by atoms with Gasteiger partial charge >= 0.3 is 0 Å². The topological polar surface area (TPSA) is 47.2 Å². The Morgan fingerprint density at radius 3 is 2.47 bits per heavy atom. The van der Waals surface area contributed by atoms with Crippen LogP contribution in [0.25, 0.3) is 0 Å². The van der Waals surface area contributed by atoms with Crippen LogP contribution in [0.4, 0.5) is 0 Å². The number of hydrogen-bond donors (Lipinski definition) is 0. The van der Waals surface area contributed by atoms with Crippen molar-refractivity contribution >= 4 is 5.91 Å². The molecule has 0 saturated carbocycles. The molecule has 0 aromatic carbocycles. The van der Waals surface area contributed by atoms with Crippen molar-refractivity contribution in [2.75, 3.05) is 13.6 Å². The fourth-order valence-corrected chi connectivity index (χ4v) is 1.41. The summed E-state index contributed by atoms with van der Waals surface area (Å²) in [6.45, 7) is 4.83. The molecule has 15 heavy (non-hydrogen) atoms. The Hall–Kier alpha value is -1.58. The van der Waals surface area contributed by atoms with Crippen LogP contribution in [0.2, 0.25) is 0 Å². The first kappa shape index (κ1) is 11.5. The molecule has 1 aromatic rings. The Morgan fingerprint density at radius 1 is 1.47 bits per heavy atom. The molecule has 4 heteroatoms. The fourth-order valence-electron chi connectivity index (χ4n) is 1.41. The number of amides is 1. The van der Waals surface area contributed by atoms with Gasteiger partial charge in [-0.25, -0.2) is 0 Å². The smallest absolute Gasteiger partial charge is 0.254 e. The van der Waals surface area contributed by atoms with E-state index in [0.717, 1.165) is 0 Å². The van der Waals surface area contributed by atoms with Gasteiger partial charge in [0.15, 0.2) is 12.4 Å². The van der Waals surface area contributed by atoms with Gasteiger partial charge < -0.3 is 10.1 Å². The van der Waals surface area contributed by atoms with Gasteiger partial charge in [-0.1, -0.05) is 13.8 Å². The number of aromatic nitrogens is 1. The van der Waals surface area contributed by atoms with Gasteiger partial charge in [0.2, 0.25) is 0 Å². The van der Waals surface area contributed by atoms with Crippen LogP contribution in [0.3, 0.4) is 0 Å². The largest absolute Gasteiger partial charge is 0.619 e.